The molecule has 0 aliphatic carbocycles. The molecule has 2 aromatic carbocycles. The van der Waals surface area contributed by atoms with E-state index in [2.05, 4.69) is 0 Å². The van der Waals surface area contributed by atoms with Crippen LogP contribution in [0.15, 0.2) is 36.4 Å². The number of carbonyl (C=O) groups is 3. The van der Waals surface area contributed by atoms with Crippen LogP contribution in [0.4, 0.5) is 39.9 Å². The second-order valence-corrected chi connectivity index (χ2v) is 7.16. The van der Waals surface area contributed by atoms with Gasteiger partial charge in [-0.1, -0.05) is 0 Å². The molecule has 0 unspecified atom stereocenters. The number of nitrogens with zero attached hydrogens (tertiary/aromatic N) is 2. The lowest BCUT2D eigenvalue weighted by Gasteiger charge is -2.39. The van der Waals surface area contributed by atoms with E-state index in [0.29, 0.717) is 36.4 Å². The summed E-state index contributed by atoms with van der Waals surface area (Å²) in [5.41, 5.74) is -1.41. The van der Waals surface area contributed by atoms with Crippen LogP contribution in [0.2, 0.25) is 0 Å². The Labute approximate surface area is 180 Å². The zero-order valence-corrected chi connectivity index (χ0v) is 16.2. The highest BCUT2D eigenvalue weighted by Gasteiger charge is 2.57. The molecule has 0 radical (unpaired) electrons. The van der Waals surface area contributed by atoms with Crippen LogP contribution in [0.25, 0.3) is 0 Å². The molecule has 33 heavy (non-hydrogen) atoms. The first kappa shape index (κ1) is 24.1. The molecular formula is C20H12F8N2O3. The number of hydrogen-bond acceptors (Lipinski definition) is 3. The quantitative estimate of drug-likeness (QED) is 0.350. The lowest BCUT2D eigenvalue weighted by molar-refractivity contribution is -0.189. The zero-order valence-electron chi connectivity index (χ0n) is 16.2. The van der Waals surface area contributed by atoms with Crippen LogP contribution < -0.4 is 0 Å². The van der Waals surface area contributed by atoms with Gasteiger partial charge in [0, 0.05) is 12.1 Å². The minimum absolute atomic E-state index is 0.370. The molecule has 0 saturated carbocycles. The molecule has 13 heteroatoms. The highest BCUT2D eigenvalue weighted by Crippen LogP contribution is 2.35. The number of carbonyl (C=O) groups excluding carboxylic acids is 3. The average molecular weight is 480 g/mol. The number of urea groups is 1. The fourth-order valence-corrected chi connectivity index (χ4v) is 3.32. The van der Waals surface area contributed by atoms with Gasteiger partial charge in [-0.2, -0.15) is 17.6 Å². The van der Waals surface area contributed by atoms with Gasteiger partial charge in [-0.15, -0.1) is 0 Å². The SMILES string of the molecule is O=C1CC(=O)N(C(F)(F)Cc2cc(F)cc(F)c2)C(=O)N1C(F)(F)Cc1cc(F)cc(F)c1. The van der Waals surface area contributed by atoms with Crippen LogP contribution in [0.3, 0.4) is 0 Å². The van der Waals surface area contributed by atoms with E-state index >= 15 is 0 Å². The second-order valence-electron chi connectivity index (χ2n) is 7.16. The fourth-order valence-electron chi connectivity index (χ4n) is 3.32. The number of alkyl halides is 4. The fraction of sp³-hybridized carbons (Fsp3) is 0.250. The van der Waals surface area contributed by atoms with Gasteiger partial charge in [-0.3, -0.25) is 9.59 Å². The minimum Gasteiger partial charge on any atom is -0.274 e. The number of barbiturate groups is 1. The molecule has 4 amide bonds. The van der Waals surface area contributed by atoms with Crippen molar-refractivity contribution >= 4 is 17.8 Å². The van der Waals surface area contributed by atoms with Gasteiger partial charge in [0.25, 0.3) is 0 Å². The molecule has 0 spiro atoms. The number of rotatable bonds is 6. The normalized spacial score (nSPS) is 15.5. The Kier molecular flexibility index (Phi) is 6.18. The van der Waals surface area contributed by atoms with Crippen LogP contribution in [-0.4, -0.2) is 39.7 Å². The molecule has 0 N–H and O–H groups in total. The van der Waals surface area contributed by atoms with Crippen LogP contribution in [-0.2, 0) is 22.4 Å². The van der Waals surface area contributed by atoms with Crippen molar-refractivity contribution in [2.24, 2.45) is 0 Å². The monoisotopic (exact) mass is 480 g/mol. The molecule has 1 saturated heterocycles. The first-order valence-corrected chi connectivity index (χ1v) is 9.05. The van der Waals surface area contributed by atoms with E-state index in [4.69, 9.17) is 0 Å². The molecule has 5 nitrogen and oxygen atoms in total. The smallest absolute Gasteiger partial charge is 0.274 e. The van der Waals surface area contributed by atoms with E-state index in [-0.39, 0.29) is 0 Å². The molecule has 1 heterocycles. The van der Waals surface area contributed by atoms with Crippen molar-refractivity contribution in [1.29, 1.82) is 0 Å². The van der Waals surface area contributed by atoms with Gasteiger partial charge in [0.1, 0.15) is 29.7 Å². The summed E-state index contributed by atoms with van der Waals surface area (Å²) in [5, 5.41) is 0. The number of hydrogen-bond donors (Lipinski definition) is 0. The maximum absolute atomic E-state index is 14.7. The van der Waals surface area contributed by atoms with Gasteiger partial charge in [0.05, 0.1) is 12.8 Å². The lowest BCUT2D eigenvalue weighted by atomic mass is 10.1. The van der Waals surface area contributed by atoms with Crippen molar-refractivity contribution < 1.29 is 49.5 Å². The maximum Gasteiger partial charge on any atom is 0.342 e. The van der Waals surface area contributed by atoms with Crippen LogP contribution in [0, 0.1) is 23.3 Å². The Bertz CT molecular complexity index is 1010. The van der Waals surface area contributed by atoms with Gasteiger partial charge >= 0.3 is 18.1 Å². The van der Waals surface area contributed by atoms with Crippen molar-refractivity contribution in [2.75, 3.05) is 0 Å². The van der Waals surface area contributed by atoms with E-state index < -0.39 is 93.4 Å². The number of amides is 4. The van der Waals surface area contributed by atoms with Crippen molar-refractivity contribution in [3.05, 3.63) is 70.8 Å². The first-order chi connectivity index (χ1) is 15.2. The second kappa shape index (κ2) is 8.45. The minimum atomic E-state index is -4.56. The summed E-state index contributed by atoms with van der Waals surface area (Å²) >= 11 is 0. The summed E-state index contributed by atoms with van der Waals surface area (Å²) in [6.07, 6.45) is -4.82. The molecule has 1 aliphatic rings. The average Bonchev–Trinajstić information content (AvgIpc) is 2.57. The number of halogens is 8. The largest absolute Gasteiger partial charge is 0.342 e. The Balaban J connectivity index is 1.92. The Hall–Kier alpha value is -3.51. The third-order valence-electron chi connectivity index (χ3n) is 4.52. The molecule has 0 bridgehead atoms. The topological polar surface area (TPSA) is 57.7 Å². The highest BCUT2D eigenvalue weighted by atomic mass is 19.3. The molecule has 1 fully saturated rings. The van der Waals surface area contributed by atoms with Crippen molar-refractivity contribution in [3.8, 4) is 0 Å². The summed E-state index contributed by atoms with van der Waals surface area (Å²) in [6, 6.07) is -8.87. The van der Waals surface area contributed by atoms with Crippen LogP contribution >= 0.6 is 0 Å². The Morgan fingerprint density at radius 3 is 1.21 bits per heavy atom. The predicted octanol–water partition coefficient (Wildman–Crippen LogP) is 4.39. The van der Waals surface area contributed by atoms with Gasteiger partial charge < -0.3 is 0 Å². The zero-order chi connectivity index (χ0) is 24.7. The summed E-state index contributed by atoms with van der Waals surface area (Å²) in [6.45, 7) is 0. The van der Waals surface area contributed by atoms with E-state index in [9.17, 15) is 49.5 Å². The summed E-state index contributed by atoms with van der Waals surface area (Å²) in [7, 11) is 0. The van der Waals surface area contributed by atoms with E-state index in [0.717, 1.165) is 0 Å². The summed E-state index contributed by atoms with van der Waals surface area (Å²) < 4.78 is 112. The van der Waals surface area contributed by atoms with Gasteiger partial charge in [-0.05, 0) is 35.4 Å². The summed E-state index contributed by atoms with van der Waals surface area (Å²) in [4.78, 5) is 34.6. The Morgan fingerprint density at radius 1 is 0.606 bits per heavy atom. The standard InChI is InChI=1S/C20H12F8N2O3/c21-12-1-10(2-13(22)5-12)8-19(25,26)29-16(31)7-17(32)30(18(29)33)20(27,28)9-11-3-14(23)6-15(24)4-11/h1-6H,7-9H2. The Morgan fingerprint density at radius 2 is 0.909 bits per heavy atom. The van der Waals surface area contributed by atoms with E-state index in [1.807, 2.05) is 0 Å². The first-order valence-electron chi connectivity index (χ1n) is 9.05. The van der Waals surface area contributed by atoms with Gasteiger partial charge in [0.2, 0.25) is 11.8 Å². The number of imide groups is 2. The predicted molar refractivity (Wildman–Crippen MR) is 93.7 cm³/mol. The third kappa shape index (κ3) is 5.12. The molecular weight excluding hydrogens is 468 g/mol. The van der Waals surface area contributed by atoms with Crippen molar-refractivity contribution in [1.82, 2.24) is 9.80 Å². The van der Waals surface area contributed by atoms with Crippen molar-refractivity contribution in [2.45, 2.75) is 31.4 Å². The molecule has 2 aromatic rings. The van der Waals surface area contributed by atoms with E-state index in [1.165, 1.54) is 0 Å². The highest BCUT2D eigenvalue weighted by molar-refractivity contribution is 6.14. The van der Waals surface area contributed by atoms with Crippen LogP contribution in [0.5, 0.6) is 0 Å². The molecule has 176 valence electrons. The lowest BCUT2D eigenvalue weighted by Crippen LogP contribution is -2.65. The molecule has 0 aromatic heterocycles. The third-order valence-corrected chi connectivity index (χ3v) is 4.52. The van der Waals surface area contributed by atoms with Crippen LogP contribution in [0.1, 0.15) is 17.5 Å². The van der Waals surface area contributed by atoms with E-state index in [1.54, 1.807) is 0 Å². The van der Waals surface area contributed by atoms with Crippen molar-refractivity contribution in [3.63, 3.8) is 0 Å². The molecule has 0 atom stereocenters. The molecule has 3 rings (SSSR count). The van der Waals surface area contributed by atoms with Gasteiger partial charge in [-0.25, -0.2) is 32.2 Å². The molecule has 1 aliphatic heterocycles. The van der Waals surface area contributed by atoms with Gasteiger partial charge in [0.15, 0.2) is 0 Å². The number of benzene rings is 2. The maximum atomic E-state index is 14.7. The summed E-state index contributed by atoms with van der Waals surface area (Å²) in [5.74, 6) is -8.64.